The van der Waals surface area contributed by atoms with Crippen LogP contribution in [0.5, 0.6) is 5.75 Å². The highest BCUT2D eigenvalue weighted by atomic mass is 35.5. The Morgan fingerprint density at radius 2 is 2.20 bits per heavy atom. The molecule has 1 nitrogen and oxygen atoms in total. The predicted octanol–water partition coefficient (Wildman–Crippen LogP) is 2.69. The Hall–Kier alpha value is -0.950. The lowest BCUT2D eigenvalue weighted by Gasteiger charge is -1.96. The molecule has 0 radical (unpaired) electrons. The Bertz CT molecular complexity index is 255. The van der Waals surface area contributed by atoms with Gasteiger partial charge >= 0.3 is 0 Å². The Labute approximate surface area is 64.6 Å². The summed E-state index contributed by atoms with van der Waals surface area (Å²) in [6.45, 7) is 3.56. The van der Waals surface area contributed by atoms with E-state index in [-0.39, 0.29) is 5.75 Å². The molecule has 0 aliphatic heterocycles. The van der Waals surface area contributed by atoms with Gasteiger partial charge in [-0.05, 0) is 23.8 Å². The van der Waals surface area contributed by atoms with Crippen molar-refractivity contribution in [2.45, 2.75) is 0 Å². The van der Waals surface area contributed by atoms with Crippen molar-refractivity contribution in [2.24, 2.45) is 0 Å². The molecule has 1 aromatic rings. The van der Waals surface area contributed by atoms with Crippen molar-refractivity contribution >= 4 is 17.7 Å². The molecule has 2 heteroatoms. The van der Waals surface area contributed by atoms with Gasteiger partial charge in [-0.15, -0.1) is 0 Å². The lowest BCUT2D eigenvalue weighted by molar-refractivity contribution is 0.475. The predicted molar refractivity (Wildman–Crippen MR) is 43.2 cm³/mol. The summed E-state index contributed by atoms with van der Waals surface area (Å²) in [5.41, 5.74) is 0.833. The first-order valence-electron chi connectivity index (χ1n) is 2.85. The van der Waals surface area contributed by atoms with Crippen LogP contribution in [0.4, 0.5) is 0 Å². The van der Waals surface area contributed by atoms with Gasteiger partial charge in [0, 0.05) is 0 Å². The van der Waals surface area contributed by atoms with Gasteiger partial charge in [-0.2, -0.15) is 0 Å². The van der Waals surface area contributed by atoms with Gasteiger partial charge in [0.25, 0.3) is 0 Å². The summed E-state index contributed by atoms with van der Waals surface area (Å²) in [6, 6.07) is 4.77. The molecule has 0 saturated carbocycles. The lowest BCUT2D eigenvalue weighted by Crippen LogP contribution is -1.72. The Kier molecular flexibility index (Phi) is 1.97. The van der Waals surface area contributed by atoms with E-state index in [1.807, 2.05) is 0 Å². The molecule has 0 heterocycles. The number of phenols is 1. The molecule has 0 atom stereocenters. The van der Waals surface area contributed by atoms with Crippen LogP contribution in [0.3, 0.4) is 0 Å². The topological polar surface area (TPSA) is 20.2 Å². The van der Waals surface area contributed by atoms with E-state index in [9.17, 15) is 0 Å². The number of halogens is 1. The van der Waals surface area contributed by atoms with Crippen molar-refractivity contribution in [2.75, 3.05) is 0 Å². The van der Waals surface area contributed by atoms with Crippen LogP contribution in [0.15, 0.2) is 24.8 Å². The van der Waals surface area contributed by atoms with Gasteiger partial charge in [0.05, 0.1) is 5.02 Å². The molecular formula is C8H7ClO. The first-order chi connectivity index (χ1) is 4.74. The van der Waals surface area contributed by atoms with Gasteiger partial charge in [-0.1, -0.05) is 24.3 Å². The van der Waals surface area contributed by atoms with Crippen LogP contribution < -0.4 is 0 Å². The summed E-state index contributed by atoms with van der Waals surface area (Å²) in [7, 11) is 0. The molecule has 0 aliphatic rings. The van der Waals surface area contributed by atoms with Crippen molar-refractivity contribution in [3.05, 3.63) is 35.4 Å². The molecule has 1 rings (SSSR count). The average Bonchev–Trinajstić information content (AvgIpc) is 1.88. The minimum absolute atomic E-state index is 0.176. The Morgan fingerprint density at radius 1 is 1.50 bits per heavy atom. The summed E-state index contributed by atoms with van der Waals surface area (Å²) in [6.07, 6.45) is 1.64. The molecule has 0 fully saturated rings. The number of hydrogen-bond acceptors (Lipinski definition) is 1. The van der Waals surface area contributed by atoms with E-state index >= 15 is 0 Å². The number of rotatable bonds is 1. The highest BCUT2D eigenvalue weighted by molar-refractivity contribution is 6.32. The van der Waals surface area contributed by atoms with E-state index in [2.05, 4.69) is 6.58 Å². The second-order valence-corrected chi connectivity index (χ2v) is 2.32. The fourth-order valence-electron chi connectivity index (χ4n) is 0.682. The van der Waals surface area contributed by atoms with Crippen LogP contribution in [0, 0.1) is 0 Å². The maximum atomic E-state index is 8.91. The zero-order valence-electron chi connectivity index (χ0n) is 5.34. The SMILES string of the molecule is C=Cc1ccc(O)cc1Cl. The van der Waals surface area contributed by atoms with Gasteiger partial charge in [-0.3, -0.25) is 0 Å². The molecule has 1 N–H and O–H groups in total. The van der Waals surface area contributed by atoms with Crippen molar-refractivity contribution in [3.63, 3.8) is 0 Å². The van der Waals surface area contributed by atoms with Gasteiger partial charge in [-0.25, -0.2) is 0 Å². The third-order valence-corrected chi connectivity index (χ3v) is 1.53. The van der Waals surface area contributed by atoms with Gasteiger partial charge < -0.3 is 5.11 Å². The fourth-order valence-corrected chi connectivity index (χ4v) is 0.934. The molecule has 10 heavy (non-hydrogen) atoms. The van der Waals surface area contributed by atoms with E-state index in [1.165, 1.54) is 6.07 Å². The summed E-state index contributed by atoms with van der Waals surface area (Å²) in [5, 5.41) is 9.44. The van der Waals surface area contributed by atoms with Crippen molar-refractivity contribution in [1.82, 2.24) is 0 Å². The second-order valence-electron chi connectivity index (χ2n) is 1.91. The van der Waals surface area contributed by atoms with Gasteiger partial charge in [0.15, 0.2) is 0 Å². The zero-order chi connectivity index (χ0) is 7.56. The van der Waals surface area contributed by atoms with E-state index in [0.717, 1.165) is 5.56 Å². The highest BCUT2D eigenvalue weighted by Crippen LogP contribution is 2.21. The summed E-state index contributed by atoms with van der Waals surface area (Å²) in [5.74, 6) is 0.176. The smallest absolute Gasteiger partial charge is 0.117 e. The quantitative estimate of drug-likeness (QED) is 0.660. The van der Waals surface area contributed by atoms with Crippen LogP contribution in [0.25, 0.3) is 6.08 Å². The van der Waals surface area contributed by atoms with E-state index in [1.54, 1.807) is 18.2 Å². The summed E-state index contributed by atoms with van der Waals surface area (Å²) in [4.78, 5) is 0. The van der Waals surface area contributed by atoms with E-state index < -0.39 is 0 Å². The molecule has 0 unspecified atom stereocenters. The maximum Gasteiger partial charge on any atom is 0.117 e. The fraction of sp³-hybridized carbons (Fsp3) is 0. The molecule has 0 bridgehead atoms. The molecular weight excluding hydrogens is 148 g/mol. The molecule has 0 spiro atoms. The van der Waals surface area contributed by atoms with E-state index in [4.69, 9.17) is 16.7 Å². The van der Waals surface area contributed by atoms with Crippen LogP contribution in [0.1, 0.15) is 5.56 Å². The third-order valence-electron chi connectivity index (χ3n) is 1.20. The lowest BCUT2D eigenvalue weighted by atomic mass is 10.2. The molecule has 0 aliphatic carbocycles. The molecule has 0 amide bonds. The standard InChI is InChI=1S/C8H7ClO/c1-2-6-3-4-7(10)5-8(6)9/h2-5,10H,1H2. The largest absolute Gasteiger partial charge is 0.508 e. The number of benzene rings is 1. The Morgan fingerprint density at radius 3 is 2.70 bits per heavy atom. The monoisotopic (exact) mass is 154 g/mol. The Balaban J connectivity index is 3.19. The van der Waals surface area contributed by atoms with Crippen LogP contribution >= 0.6 is 11.6 Å². The van der Waals surface area contributed by atoms with Gasteiger partial charge in [0.1, 0.15) is 5.75 Å². The van der Waals surface area contributed by atoms with Crippen LogP contribution in [0.2, 0.25) is 5.02 Å². The summed E-state index contributed by atoms with van der Waals surface area (Å²) < 4.78 is 0. The molecule has 0 saturated heterocycles. The summed E-state index contributed by atoms with van der Waals surface area (Å²) >= 11 is 5.70. The maximum absolute atomic E-state index is 8.91. The van der Waals surface area contributed by atoms with Crippen molar-refractivity contribution < 1.29 is 5.11 Å². The average molecular weight is 155 g/mol. The van der Waals surface area contributed by atoms with Crippen molar-refractivity contribution in [1.29, 1.82) is 0 Å². The first-order valence-corrected chi connectivity index (χ1v) is 3.23. The van der Waals surface area contributed by atoms with Crippen molar-refractivity contribution in [3.8, 4) is 5.75 Å². The van der Waals surface area contributed by atoms with Crippen LogP contribution in [-0.4, -0.2) is 5.11 Å². The number of phenolic OH excluding ortho intramolecular Hbond substituents is 1. The normalized spacial score (nSPS) is 9.30. The second kappa shape index (κ2) is 2.76. The molecule has 0 aromatic heterocycles. The van der Waals surface area contributed by atoms with Crippen LogP contribution in [-0.2, 0) is 0 Å². The highest BCUT2D eigenvalue weighted by Gasteiger charge is 1.95. The third kappa shape index (κ3) is 1.31. The molecule has 52 valence electrons. The molecule has 1 aromatic carbocycles. The van der Waals surface area contributed by atoms with Gasteiger partial charge in [0.2, 0.25) is 0 Å². The number of aromatic hydroxyl groups is 1. The number of hydrogen-bond donors (Lipinski definition) is 1. The minimum atomic E-state index is 0.176. The zero-order valence-corrected chi connectivity index (χ0v) is 6.10. The minimum Gasteiger partial charge on any atom is -0.508 e. The first kappa shape index (κ1) is 7.16. The van der Waals surface area contributed by atoms with E-state index in [0.29, 0.717) is 5.02 Å².